The third kappa shape index (κ3) is 3.74. The summed E-state index contributed by atoms with van der Waals surface area (Å²) in [4.78, 5) is 18.7. The van der Waals surface area contributed by atoms with E-state index in [4.69, 9.17) is 4.42 Å². The van der Waals surface area contributed by atoms with E-state index in [-0.39, 0.29) is 5.91 Å². The summed E-state index contributed by atoms with van der Waals surface area (Å²) in [5.41, 5.74) is 1.03. The van der Waals surface area contributed by atoms with Crippen molar-refractivity contribution in [1.29, 1.82) is 0 Å². The number of hydrogen-bond donors (Lipinski definition) is 2. The molecule has 2 aromatic heterocycles. The Balaban J connectivity index is 1.36. The van der Waals surface area contributed by atoms with Crippen LogP contribution in [-0.2, 0) is 17.6 Å². The van der Waals surface area contributed by atoms with Gasteiger partial charge in [-0.25, -0.2) is 4.98 Å². The van der Waals surface area contributed by atoms with Crippen molar-refractivity contribution in [2.75, 3.05) is 6.54 Å². The second-order valence-corrected chi connectivity index (χ2v) is 5.80. The lowest BCUT2D eigenvalue weighted by Gasteiger charge is -2.03. The average Bonchev–Trinajstić information content (AvgIpc) is 2.90. The Bertz CT molecular complexity index is 588. The molecule has 21 heavy (non-hydrogen) atoms. The number of aryl methyl sites for hydroxylation is 1. The van der Waals surface area contributed by atoms with Crippen molar-refractivity contribution >= 4 is 5.91 Å². The van der Waals surface area contributed by atoms with Gasteiger partial charge in [-0.05, 0) is 24.5 Å². The number of furan rings is 1. The maximum Gasteiger partial charge on any atom is 0.220 e. The first-order chi connectivity index (χ1) is 10.2. The molecule has 0 bridgehead atoms. The highest BCUT2D eigenvalue weighted by Gasteiger charge is 2.36. The molecule has 1 fully saturated rings. The summed E-state index contributed by atoms with van der Waals surface area (Å²) in [7, 11) is 0. The first kappa shape index (κ1) is 13.9. The van der Waals surface area contributed by atoms with Crippen LogP contribution in [0.3, 0.4) is 0 Å². The Morgan fingerprint density at radius 2 is 2.33 bits per heavy atom. The van der Waals surface area contributed by atoms with Crippen molar-refractivity contribution in [3.63, 3.8) is 0 Å². The van der Waals surface area contributed by atoms with Crippen LogP contribution in [0.1, 0.15) is 42.9 Å². The van der Waals surface area contributed by atoms with Gasteiger partial charge >= 0.3 is 0 Å². The minimum Gasteiger partial charge on any atom is -0.466 e. The molecular weight excluding hydrogens is 266 g/mol. The first-order valence-corrected chi connectivity index (χ1v) is 7.55. The molecule has 0 saturated heterocycles. The Morgan fingerprint density at radius 3 is 3.05 bits per heavy atom. The number of imidazole rings is 1. The zero-order valence-corrected chi connectivity index (χ0v) is 12.3. The standard InChI is InChI=1S/C16H21N3O2/c1-11-8-14(11)15-4-2-13(21-15)3-5-16(20)18-7-6-12-9-17-10-19-12/h2,4,9-11,14H,3,5-8H2,1H3,(H,17,19)(H,18,20). The van der Waals surface area contributed by atoms with E-state index in [1.807, 2.05) is 6.07 Å². The third-order valence-electron chi connectivity index (χ3n) is 4.03. The SMILES string of the molecule is CC1CC1c1ccc(CCC(=O)NCCc2cnc[nH]2)o1. The van der Waals surface area contributed by atoms with Crippen LogP contribution in [0.2, 0.25) is 0 Å². The molecule has 1 saturated carbocycles. The van der Waals surface area contributed by atoms with Gasteiger partial charge in [0.05, 0.1) is 6.33 Å². The maximum atomic E-state index is 11.8. The molecule has 1 aliphatic rings. The molecule has 1 aliphatic carbocycles. The van der Waals surface area contributed by atoms with Crippen molar-refractivity contribution in [3.05, 3.63) is 41.9 Å². The topological polar surface area (TPSA) is 70.9 Å². The van der Waals surface area contributed by atoms with Gasteiger partial charge in [0, 0.05) is 43.6 Å². The van der Waals surface area contributed by atoms with Crippen LogP contribution in [-0.4, -0.2) is 22.4 Å². The smallest absolute Gasteiger partial charge is 0.220 e. The Hall–Kier alpha value is -2.04. The normalized spacial score (nSPS) is 20.4. The number of carbonyl (C=O) groups is 1. The van der Waals surface area contributed by atoms with Crippen molar-refractivity contribution in [2.45, 2.75) is 38.5 Å². The average molecular weight is 287 g/mol. The minimum atomic E-state index is 0.0623. The molecule has 2 aromatic rings. The van der Waals surface area contributed by atoms with Crippen molar-refractivity contribution in [1.82, 2.24) is 15.3 Å². The lowest BCUT2D eigenvalue weighted by atomic mass is 10.2. The van der Waals surface area contributed by atoms with Crippen molar-refractivity contribution < 1.29 is 9.21 Å². The summed E-state index contributed by atoms with van der Waals surface area (Å²) in [5, 5.41) is 2.91. The fourth-order valence-electron chi connectivity index (χ4n) is 2.53. The zero-order valence-electron chi connectivity index (χ0n) is 12.3. The fourth-order valence-corrected chi connectivity index (χ4v) is 2.53. The summed E-state index contributed by atoms with van der Waals surface area (Å²) >= 11 is 0. The highest BCUT2D eigenvalue weighted by molar-refractivity contribution is 5.76. The largest absolute Gasteiger partial charge is 0.466 e. The molecule has 3 rings (SSSR count). The number of hydrogen-bond acceptors (Lipinski definition) is 3. The summed E-state index contributed by atoms with van der Waals surface area (Å²) in [6.45, 7) is 2.87. The Morgan fingerprint density at radius 1 is 1.48 bits per heavy atom. The lowest BCUT2D eigenvalue weighted by molar-refractivity contribution is -0.121. The van der Waals surface area contributed by atoms with Crippen molar-refractivity contribution in [2.24, 2.45) is 5.92 Å². The van der Waals surface area contributed by atoms with E-state index in [0.717, 1.165) is 29.6 Å². The molecule has 0 aromatic carbocycles. The molecular formula is C16H21N3O2. The van der Waals surface area contributed by atoms with Gasteiger partial charge in [0.2, 0.25) is 5.91 Å². The van der Waals surface area contributed by atoms with Crippen LogP contribution >= 0.6 is 0 Å². The number of amides is 1. The summed E-state index contributed by atoms with van der Waals surface area (Å²) in [5.74, 6) is 3.40. The van der Waals surface area contributed by atoms with Crippen LogP contribution in [0.4, 0.5) is 0 Å². The monoisotopic (exact) mass is 287 g/mol. The van der Waals surface area contributed by atoms with E-state index in [1.54, 1.807) is 12.5 Å². The quantitative estimate of drug-likeness (QED) is 0.821. The van der Waals surface area contributed by atoms with Crippen molar-refractivity contribution in [3.8, 4) is 0 Å². The molecule has 2 atom stereocenters. The second kappa shape index (κ2) is 6.16. The number of rotatable bonds is 7. The summed E-state index contributed by atoms with van der Waals surface area (Å²) < 4.78 is 5.80. The molecule has 2 N–H and O–H groups in total. The van der Waals surface area contributed by atoms with E-state index < -0.39 is 0 Å². The van der Waals surface area contributed by atoms with E-state index >= 15 is 0 Å². The van der Waals surface area contributed by atoms with Gasteiger partial charge < -0.3 is 14.7 Å². The molecule has 0 spiro atoms. The van der Waals surface area contributed by atoms with Gasteiger partial charge in [0.1, 0.15) is 11.5 Å². The number of H-pyrrole nitrogens is 1. The molecule has 1 amide bonds. The highest BCUT2D eigenvalue weighted by atomic mass is 16.3. The number of aromatic nitrogens is 2. The second-order valence-electron chi connectivity index (χ2n) is 5.80. The maximum absolute atomic E-state index is 11.8. The fraction of sp³-hybridized carbons (Fsp3) is 0.500. The van der Waals surface area contributed by atoms with E-state index in [2.05, 4.69) is 28.3 Å². The van der Waals surface area contributed by atoms with Gasteiger partial charge in [-0.15, -0.1) is 0 Å². The van der Waals surface area contributed by atoms with Crippen LogP contribution in [0.15, 0.2) is 29.1 Å². The van der Waals surface area contributed by atoms with Crippen LogP contribution < -0.4 is 5.32 Å². The third-order valence-corrected chi connectivity index (χ3v) is 4.03. The predicted molar refractivity (Wildman–Crippen MR) is 78.9 cm³/mol. The molecule has 0 aliphatic heterocycles. The molecule has 5 nitrogen and oxygen atoms in total. The van der Waals surface area contributed by atoms with E-state index in [0.29, 0.717) is 25.3 Å². The van der Waals surface area contributed by atoms with Crippen LogP contribution in [0, 0.1) is 5.92 Å². The van der Waals surface area contributed by atoms with Gasteiger partial charge in [0.25, 0.3) is 0 Å². The predicted octanol–water partition coefficient (Wildman–Crippen LogP) is 2.42. The van der Waals surface area contributed by atoms with E-state index in [9.17, 15) is 4.79 Å². The molecule has 2 unspecified atom stereocenters. The van der Waals surface area contributed by atoms with Crippen LogP contribution in [0.25, 0.3) is 0 Å². The first-order valence-electron chi connectivity index (χ1n) is 7.55. The van der Waals surface area contributed by atoms with Gasteiger partial charge in [-0.3, -0.25) is 4.79 Å². The van der Waals surface area contributed by atoms with Crippen LogP contribution in [0.5, 0.6) is 0 Å². The Kier molecular flexibility index (Phi) is 4.08. The van der Waals surface area contributed by atoms with Gasteiger partial charge in [-0.2, -0.15) is 0 Å². The molecule has 112 valence electrons. The summed E-state index contributed by atoms with van der Waals surface area (Å²) in [6, 6.07) is 4.05. The molecule has 0 radical (unpaired) electrons. The zero-order chi connectivity index (χ0) is 14.7. The number of nitrogens with zero attached hydrogens (tertiary/aromatic N) is 1. The van der Waals surface area contributed by atoms with Gasteiger partial charge in [0.15, 0.2) is 0 Å². The molecule has 2 heterocycles. The summed E-state index contributed by atoms with van der Waals surface area (Å²) in [6.07, 6.45) is 6.55. The lowest BCUT2D eigenvalue weighted by Crippen LogP contribution is -2.25. The van der Waals surface area contributed by atoms with E-state index in [1.165, 1.54) is 6.42 Å². The molecule has 5 heteroatoms. The number of carbonyl (C=O) groups excluding carboxylic acids is 1. The Labute approximate surface area is 124 Å². The minimum absolute atomic E-state index is 0.0623. The number of nitrogens with one attached hydrogen (secondary N) is 2. The highest BCUT2D eigenvalue weighted by Crippen LogP contribution is 2.47. The number of aromatic amines is 1. The van der Waals surface area contributed by atoms with Gasteiger partial charge in [-0.1, -0.05) is 6.92 Å².